The van der Waals surface area contributed by atoms with Gasteiger partial charge in [0.25, 0.3) is 5.91 Å². The lowest BCUT2D eigenvalue weighted by Gasteiger charge is -2.28. The fourth-order valence-electron chi connectivity index (χ4n) is 2.95. The smallest absolute Gasteiger partial charge is 0.255 e. The van der Waals surface area contributed by atoms with Crippen LogP contribution in [0.2, 0.25) is 0 Å². The molecule has 0 aliphatic heterocycles. The Morgan fingerprint density at radius 2 is 1.38 bits per heavy atom. The Morgan fingerprint density at radius 3 is 1.96 bits per heavy atom. The van der Waals surface area contributed by atoms with Gasteiger partial charge in [0.05, 0.1) is 6.07 Å². The van der Waals surface area contributed by atoms with Crippen LogP contribution in [-0.4, -0.2) is 17.4 Å². The van der Waals surface area contributed by atoms with E-state index >= 15 is 0 Å². The van der Waals surface area contributed by atoms with Crippen molar-refractivity contribution in [1.29, 1.82) is 5.26 Å². The SMILES string of the molecule is N#C[C@@H](c1ccccc1)N(CCc1ccccc1)C(=O)c1ccccc1. The van der Waals surface area contributed by atoms with Crippen molar-refractivity contribution in [3.63, 3.8) is 0 Å². The normalized spacial score (nSPS) is 11.3. The summed E-state index contributed by atoms with van der Waals surface area (Å²) in [4.78, 5) is 14.8. The summed E-state index contributed by atoms with van der Waals surface area (Å²) in [7, 11) is 0. The molecule has 0 bridgehead atoms. The number of carbonyl (C=O) groups excluding carboxylic acids is 1. The van der Waals surface area contributed by atoms with Crippen LogP contribution in [0.15, 0.2) is 91.0 Å². The minimum Gasteiger partial charge on any atom is -0.318 e. The Morgan fingerprint density at radius 1 is 0.846 bits per heavy atom. The van der Waals surface area contributed by atoms with E-state index in [9.17, 15) is 10.1 Å². The minimum atomic E-state index is -0.618. The summed E-state index contributed by atoms with van der Waals surface area (Å²) in [6.45, 7) is 0.477. The van der Waals surface area contributed by atoms with Gasteiger partial charge in [0.15, 0.2) is 0 Å². The van der Waals surface area contributed by atoms with Gasteiger partial charge >= 0.3 is 0 Å². The van der Waals surface area contributed by atoms with Gasteiger partial charge in [-0.2, -0.15) is 5.26 Å². The van der Waals surface area contributed by atoms with E-state index in [0.717, 1.165) is 11.1 Å². The molecule has 0 saturated heterocycles. The lowest BCUT2D eigenvalue weighted by atomic mass is 10.0. The van der Waals surface area contributed by atoms with E-state index in [0.29, 0.717) is 18.5 Å². The maximum atomic E-state index is 13.1. The summed E-state index contributed by atoms with van der Waals surface area (Å²) in [5.41, 5.74) is 2.56. The number of rotatable bonds is 6. The number of nitriles is 1. The van der Waals surface area contributed by atoms with E-state index in [4.69, 9.17) is 0 Å². The maximum absolute atomic E-state index is 13.1. The average Bonchev–Trinajstić information content (AvgIpc) is 2.72. The molecule has 0 aliphatic carbocycles. The van der Waals surface area contributed by atoms with E-state index in [-0.39, 0.29) is 5.91 Å². The van der Waals surface area contributed by atoms with Crippen molar-refractivity contribution >= 4 is 5.91 Å². The lowest BCUT2D eigenvalue weighted by molar-refractivity contribution is 0.0718. The Kier molecular flexibility index (Phi) is 5.80. The van der Waals surface area contributed by atoms with Crippen molar-refractivity contribution in [2.45, 2.75) is 12.5 Å². The van der Waals surface area contributed by atoms with Gasteiger partial charge in [-0.05, 0) is 29.7 Å². The van der Waals surface area contributed by atoms with Gasteiger partial charge in [-0.25, -0.2) is 0 Å². The molecule has 0 N–H and O–H groups in total. The second kappa shape index (κ2) is 8.64. The third-order valence-corrected chi connectivity index (χ3v) is 4.32. The highest BCUT2D eigenvalue weighted by Gasteiger charge is 2.25. The first-order valence-corrected chi connectivity index (χ1v) is 8.64. The molecule has 3 rings (SSSR count). The number of hydrogen-bond donors (Lipinski definition) is 0. The van der Waals surface area contributed by atoms with Crippen molar-refractivity contribution in [3.05, 3.63) is 108 Å². The van der Waals surface area contributed by atoms with Gasteiger partial charge in [0.2, 0.25) is 0 Å². The summed E-state index contributed by atoms with van der Waals surface area (Å²) >= 11 is 0. The van der Waals surface area contributed by atoms with Crippen molar-refractivity contribution in [2.24, 2.45) is 0 Å². The first kappa shape index (κ1) is 17.4. The summed E-state index contributed by atoms with van der Waals surface area (Å²) in [6.07, 6.45) is 0.699. The highest BCUT2D eigenvalue weighted by atomic mass is 16.2. The van der Waals surface area contributed by atoms with Crippen molar-refractivity contribution in [1.82, 2.24) is 4.90 Å². The molecule has 3 heteroatoms. The van der Waals surface area contributed by atoms with Gasteiger partial charge in [-0.1, -0.05) is 78.9 Å². The predicted octanol–water partition coefficient (Wildman–Crippen LogP) is 4.64. The molecule has 3 aromatic carbocycles. The minimum absolute atomic E-state index is 0.128. The summed E-state index contributed by atoms with van der Waals surface area (Å²) in [5.74, 6) is -0.128. The molecule has 26 heavy (non-hydrogen) atoms. The van der Waals surface area contributed by atoms with E-state index in [1.807, 2.05) is 78.9 Å². The maximum Gasteiger partial charge on any atom is 0.255 e. The molecule has 1 amide bonds. The first-order chi connectivity index (χ1) is 12.8. The van der Waals surface area contributed by atoms with Crippen molar-refractivity contribution in [2.75, 3.05) is 6.54 Å². The van der Waals surface area contributed by atoms with Crippen LogP contribution >= 0.6 is 0 Å². The zero-order valence-corrected chi connectivity index (χ0v) is 14.5. The molecule has 0 spiro atoms. The highest BCUT2D eigenvalue weighted by Crippen LogP contribution is 2.23. The molecule has 0 heterocycles. The number of carbonyl (C=O) groups is 1. The number of amides is 1. The van der Waals surface area contributed by atoms with Gasteiger partial charge in [0, 0.05) is 12.1 Å². The second-order valence-corrected chi connectivity index (χ2v) is 6.04. The zero-order chi connectivity index (χ0) is 18.2. The largest absolute Gasteiger partial charge is 0.318 e. The number of hydrogen-bond acceptors (Lipinski definition) is 2. The lowest BCUT2D eigenvalue weighted by Crippen LogP contribution is -2.36. The number of benzene rings is 3. The van der Waals surface area contributed by atoms with Crippen LogP contribution in [0.4, 0.5) is 0 Å². The van der Waals surface area contributed by atoms with Crippen LogP contribution < -0.4 is 0 Å². The Hall–Kier alpha value is -3.38. The summed E-state index contributed by atoms with van der Waals surface area (Å²) < 4.78 is 0. The third-order valence-electron chi connectivity index (χ3n) is 4.32. The highest BCUT2D eigenvalue weighted by molar-refractivity contribution is 5.94. The second-order valence-electron chi connectivity index (χ2n) is 6.04. The Balaban J connectivity index is 1.90. The average molecular weight is 340 g/mol. The van der Waals surface area contributed by atoms with Crippen LogP contribution in [0, 0.1) is 11.3 Å². The van der Waals surface area contributed by atoms with Crippen LogP contribution in [0.3, 0.4) is 0 Å². The molecule has 0 aliphatic rings. The summed E-state index contributed by atoms with van der Waals surface area (Å²) in [5, 5.41) is 9.80. The number of nitrogens with zero attached hydrogens (tertiary/aromatic N) is 2. The molecule has 0 saturated carbocycles. The molecule has 0 aromatic heterocycles. The Bertz CT molecular complexity index is 870. The third kappa shape index (κ3) is 4.17. The van der Waals surface area contributed by atoms with Crippen LogP contribution in [0.25, 0.3) is 0 Å². The van der Waals surface area contributed by atoms with Gasteiger partial charge in [-0.3, -0.25) is 4.79 Å². The van der Waals surface area contributed by atoms with Gasteiger partial charge in [-0.15, -0.1) is 0 Å². The summed E-state index contributed by atoms with van der Waals surface area (Å²) in [6, 6.07) is 30.3. The molecular weight excluding hydrogens is 320 g/mol. The van der Waals surface area contributed by atoms with Gasteiger partial charge in [0.1, 0.15) is 6.04 Å². The van der Waals surface area contributed by atoms with Gasteiger partial charge < -0.3 is 4.90 Å². The topological polar surface area (TPSA) is 44.1 Å². The standard InChI is InChI=1S/C23H20N2O/c24-18-22(20-12-6-2-7-13-20)25(17-16-19-10-4-1-5-11-19)23(26)21-14-8-3-9-15-21/h1-15,22H,16-17H2/t22-/m0/s1. The van der Waals surface area contributed by atoms with Crippen molar-refractivity contribution in [3.8, 4) is 6.07 Å². The fraction of sp³-hybridized carbons (Fsp3) is 0.130. The van der Waals surface area contributed by atoms with Crippen LogP contribution in [0.1, 0.15) is 27.5 Å². The van der Waals surface area contributed by atoms with E-state index < -0.39 is 6.04 Å². The predicted molar refractivity (Wildman–Crippen MR) is 102 cm³/mol. The molecule has 1 atom stereocenters. The molecule has 0 unspecified atom stereocenters. The molecule has 3 aromatic rings. The quantitative estimate of drug-likeness (QED) is 0.656. The molecule has 128 valence electrons. The molecule has 0 radical (unpaired) electrons. The van der Waals surface area contributed by atoms with E-state index in [1.165, 1.54) is 0 Å². The van der Waals surface area contributed by atoms with E-state index in [2.05, 4.69) is 6.07 Å². The molecule has 3 nitrogen and oxygen atoms in total. The first-order valence-electron chi connectivity index (χ1n) is 8.64. The van der Waals surface area contributed by atoms with Crippen LogP contribution in [-0.2, 0) is 6.42 Å². The van der Waals surface area contributed by atoms with E-state index in [1.54, 1.807) is 17.0 Å². The monoisotopic (exact) mass is 340 g/mol. The Labute approximate surface area is 154 Å². The molecule has 0 fully saturated rings. The fourth-order valence-corrected chi connectivity index (χ4v) is 2.95. The molecular formula is C23H20N2O. The van der Waals surface area contributed by atoms with Crippen LogP contribution in [0.5, 0.6) is 0 Å². The van der Waals surface area contributed by atoms with Crippen molar-refractivity contribution < 1.29 is 4.79 Å². The zero-order valence-electron chi connectivity index (χ0n) is 14.5.